The third-order valence-corrected chi connectivity index (χ3v) is 3.74. The van der Waals surface area contributed by atoms with Crippen LogP contribution in [0.3, 0.4) is 0 Å². The van der Waals surface area contributed by atoms with Gasteiger partial charge < -0.3 is 14.4 Å². The number of hydrogen-bond acceptors (Lipinski definition) is 7. The van der Waals surface area contributed by atoms with Crippen molar-refractivity contribution in [3.05, 3.63) is 36.0 Å². The third kappa shape index (κ3) is 3.76. The van der Waals surface area contributed by atoms with Gasteiger partial charge >= 0.3 is 6.01 Å². The summed E-state index contributed by atoms with van der Waals surface area (Å²) in [6.45, 7) is 3.00. The minimum atomic E-state index is -0.129. The number of rotatable bonds is 4. The third-order valence-electron chi connectivity index (χ3n) is 3.74. The molecule has 1 amide bonds. The van der Waals surface area contributed by atoms with E-state index in [9.17, 15) is 4.79 Å². The van der Waals surface area contributed by atoms with Gasteiger partial charge in [0.15, 0.2) is 0 Å². The van der Waals surface area contributed by atoms with Crippen LogP contribution in [0.1, 0.15) is 29.0 Å². The number of hydrogen-bond donors (Lipinski definition) is 0. The van der Waals surface area contributed by atoms with E-state index < -0.39 is 0 Å². The van der Waals surface area contributed by atoms with Crippen LogP contribution in [-0.4, -0.2) is 57.0 Å². The van der Waals surface area contributed by atoms with Gasteiger partial charge in [-0.05, 0) is 19.8 Å². The van der Waals surface area contributed by atoms with E-state index in [4.69, 9.17) is 9.47 Å². The highest BCUT2D eigenvalue weighted by Gasteiger charge is 2.26. The van der Waals surface area contributed by atoms with Gasteiger partial charge in [-0.1, -0.05) is 0 Å². The molecule has 126 valence electrons. The summed E-state index contributed by atoms with van der Waals surface area (Å²) in [5.41, 5.74) is 1.13. The lowest BCUT2D eigenvalue weighted by Crippen LogP contribution is -2.44. The van der Waals surface area contributed by atoms with E-state index in [2.05, 4.69) is 19.9 Å². The number of ether oxygens (including phenoxy) is 2. The fourth-order valence-corrected chi connectivity index (χ4v) is 2.54. The lowest BCUT2D eigenvalue weighted by atomic mass is 10.1. The predicted molar refractivity (Wildman–Crippen MR) is 84.9 cm³/mol. The van der Waals surface area contributed by atoms with E-state index >= 15 is 0 Å². The summed E-state index contributed by atoms with van der Waals surface area (Å²) >= 11 is 0. The standard InChI is InChI=1S/C16H19N5O3/c1-11-8-19-13(9-18-11)15(22)21-7-3-4-12(10-21)24-14-5-6-17-16(20-14)23-2/h5-6,8-9,12H,3-4,7,10H2,1-2H3. The van der Waals surface area contributed by atoms with Crippen LogP contribution in [0.15, 0.2) is 24.7 Å². The number of carbonyl (C=O) groups is 1. The summed E-state index contributed by atoms with van der Waals surface area (Å²) in [6.07, 6.45) is 6.28. The van der Waals surface area contributed by atoms with Crippen molar-refractivity contribution in [2.24, 2.45) is 0 Å². The smallest absolute Gasteiger partial charge is 0.319 e. The maximum atomic E-state index is 12.5. The first-order valence-corrected chi connectivity index (χ1v) is 7.77. The Balaban J connectivity index is 1.65. The van der Waals surface area contributed by atoms with Crippen molar-refractivity contribution in [3.8, 4) is 11.9 Å². The molecular weight excluding hydrogens is 310 g/mol. The van der Waals surface area contributed by atoms with Gasteiger partial charge in [0.05, 0.1) is 25.5 Å². The molecule has 0 saturated carbocycles. The van der Waals surface area contributed by atoms with Gasteiger partial charge in [-0.3, -0.25) is 9.78 Å². The molecule has 8 heteroatoms. The number of amides is 1. The second kappa shape index (κ2) is 7.20. The zero-order valence-electron chi connectivity index (χ0n) is 13.7. The van der Waals surface area contributed by atoms with Crippen LogP contribution in [0.4, 0.5) is 0 Å². The molecule has 24 heavy (non-hydrogen) atoms. The van der Waals surface area contributed by atoms with Crippen LogP contribution >= 0.6 is 0 Å². The highest BCUT2D eigenvalue weighted by atomic mass is 16.5. The molecule has 0 bridgehead atoms. The highest BCUT2D eigenvalue weighted by molar-refractivity contribution is 5.92. The summed E-state index contributed by atoms with van der Waals surface area (Å²) in [6, 6.07) is 1.93. The number of aryl methyl sites for hydroxylation is 1. The van der Waals surface area contributed by atoms with Gasteiger partial charge in [-0.15, -0.1) is 0 Å². The number of likely N-dealkylation sites (tertiary alicyclic amines) is 1. The van der Waals surface area contributed by atoms with Gasteiger partial charge in [0, 0.05) is 25.0 Å². The minimum Gasteiger partial charge on any atom is -0.472 e. The van der Waals surface area contributed by atoms with E-state index in [0.717, 1.165) is 18.5 Å². The molecule has 0 aromatic carbocycles. The van der Waals surface area contributed by atoms with Crippen molar-refractivity contribution in [1.29, 1.82) is 0 Å². The Bertz CT molecular complexity index is 707. The summed E-state index contributed by atoms with van der Waals surface area (Å²) in [4.78, 5) is 30.6. The van der Waals surface area contributed by atoms with Gasteiger partial charge in [-0.2, -0.15) is 4.98 Å². The van der Waals surface area contributed by atoms with Crippen LogP contribution in [0.2, 0.25) is 0 Å². The number of piperidine rings is 1. The molecule has 2 aromatic heterocycles. The molecular formula is C16H19N5O3. The molecule has 2 aromatic rings. The molecule has 1 fully saturated rings. The lowest BCUT2D eigenvalue weighted by Gasteiger charge is -2.32. The van der Waals surface area contributed by atoms with E-state index in [0.29, 0.717) is 24.7 Å². The van der Waals surface area contributed by atoms with Crippen molar-refractivity contribution < 1.29 is 14.3 Å². The molecule has 1 unspecified atom stereocenters. The normalized spacial score (nSPS) is 17.4. The SMILES string of the molecule is COc1nccc(OC2CCCN(C(=O)c3cnc(C)cn3)C2)n1. The zero-order chi connectivity index (χ0) is 16.9. The van der Waals surface area contributed by atoms with Crippen molar-refractivity contribution in [3.63, 3.8) is 0 Å². The number of methoxy groups -OCH3 is 1. The van der Waals surface area contributed by atoms with Crippen molar-refractivity contribution in [2.75, 3.05) is 20.2 Å². The maximum absolute atomic E-state index is 12.5. The Kier molecular flexibility index (Phi) is 4.83. The fourth-order valence-electron chi connectivity index (χ4n) is 2.54. The van der Waals surface area contributed by atoms with Gasteiger partial charge in [0.2, 0.25) is 5.88 Å². The molecule has 1 aliphatic rings. The Morgan fingerprint density at radius 2 is 2.17 bits per heavy atom. The minimum absolute atomic E-state index is 0.124. The topological polar surface area (TPSA) is 90.3 Å². The first kappa shape index (κ1) is 16.1. The number of nitrogens with zero attached hydrogens (tertiary/aromatic N) is 5. The summed E-state index contributed by atoms with van der Waals surface area (Å²) in [5.74, 6) is 0.312. The molecule has 1 saturated heterocycles. The summed E-state index contributed by atoms with van der Waals surface area (Å²) in [7, 11) is 1.50. The second-order valence-corrected chi connectivity index (χ2v) is 5.56. The molecule has 8 nitrogen and oxygen atoms in total. The molecule has 3 rings (SSSR count). The second-order valence-electron chi connectivity index (χ2n) is 5.56. The first-order chi connectivity index (χ1) is 11.7. The van der Waals surface area contributed by atoms with E-state index in [-0.39, 0.29) is 18.0 Å². The van der Waals surface area contributed by atoms with E-state index in [1.54, 1.807) is 23.4 Å². The lowest BCUT2D eigenvalue weighted by molar-refractivity contribution is 0.0520. The van der Waals surface area contributed by atoms with E-state index in [1.165, 1.54) is 13.3 Å². The van der Waals surface area contributed by atoms with Crippen LogP contribution in [0, 0.1) is 6.92 Å². The average molecular weight is 329 g/mol. The Morgan fingerprint density at radius 1 is 1.29 bits per heavy atom. The van der Waals surface area contributed by atoms with Crippen molar-refractivity contribution >= 4 is 5.91 Å². The van der Waals surface area contributed by atoms with Crippen LogP contribution in [0.25, 0.3) is 0 Å². The van der Waals surface area contributed by atoms with Crippen LogP contribution in [-0.2, 0) is 0 Å². The molecule has 3 heterocycles. The molecule has 1 atom stereocenters. The number of carbonyl (C=O) groups excluding carboxylic acids is 1. The Hall–Kier alpha value is -2.77. The molecule has 0 spiro atoms. The van der Waals surface area contributed by atoms with E-state index in [1.807, 2.05) is 6.92 Å². The highest BCUT2D eigenvalue weighted by Crippen LogP contribution is 2.19. The Labute approximate surface area is 139 Å². The van der Waals surface area contributed by atoms with Gasteiger partial charge in [0.25, 0.3) is 5.91 Å². The molecule has 0 aliphatic carbocycles. The maximum Gasteiger partial charge on any atom is 0.319 e. The molecule has 1 aliphatic heterocycles. The fraction of sp³-hybridized carbons (Fsp3) is 0.438. The quantitative estimate of drug-likeness (QED) is 0.834. The van der Waals surface area contributed by atoms with Crippen molar-refractivity contribution in [1.82, 2.24) is 24.8 Å². The monoisotopic (exact) mass is 329 g/mol. The van der Waals surface area contributed by atoms with Crippen LogP contribution < -0.4 is 9.47 Å². The zero-order valence-corrected chi connectivity index (χ0v) is 13.7. The molecule has 0 radical (unpaired) electrons. The van der Waals surface area contributed by atoms with Gasteiger partial charge in [0.1, 0.15) is 11.8 Å². The Morgan fingerprint density at radius 3 is 2.92 bits per heavy atom. The summed E-state index contributed by atoms with van der Waals surface area (Å²) in [5, 5.41) is 0. The predicted octanol–water partition coefficient (Wildman–Crippen LogP) is 1.27. The van der Waals surface area contributed by atoms with Gasteiger partial charge in [-0.25, -0.2) is 9.97 Å². The average Bonchev–Trinajstić information content (AvgIpc) is 2.62. The molecule has 0 N–H and O–H groups in total. The number of aromatic nitrogens is 4. The van der Waals surface area contributed by atoms with Crippen molar-refractivity contribution in [2.45, 2.75) is 25.9 Å². The summed E-state index contributed by atoms with van der Waals surface area (Å²) < 4.78 is 10.9. The van der Waals surface area contributed by atoms with Crippen LogP contribution in [0.5, 0.6) is 11.9 Å². The first-order valence-electron chi connectivity index (χ1n) is 7.77. The largest absolute Gasteiger partial charge is 0.472 e.